The maximum Gasteiger partial charge on any atom is 0.341 e. The first kappa shape index (κ1) is 26.3. The number of ether oxygens (including phenoxy) is 5. The summed E-state index contributed by atoms with van der Waals surface area (Å²) in [4.78, 5) is 36.7. The van der Waals surface area contributed by atoms with Crippen molar-refractivity contribution in [2.75, 3.05) is 13.2 Å². The van der Waals surface area contributed by atoms with Crippen LogP contribution >= 0.6 is 0 Å². The van der Waals surface area contributed by atoms with E-state index in [1.807, 2.05) is 0 Å². The molecular weight excluding hydrogens is 464 g/mol. The van der Waals surface area contributed by atoms with Gasteiger partial charge < -0.3 is 54.3 Å². The minimum atomic E-state index is -2.20. The number of carbonyl (C=O) groups is 3. The molecule has 2 fully saturated rings. The Morgan fingerprint density at radius 1 is 1.18 bits per heavy atom. The highest BCUT2D eigenvalue weighted by atomic mass is 16.8. The Balaban J connectivity index is 1.91. The molecule has 3 aliphatic rings. The average molecular weight is 492 g/mol. The van der Waals surface area contributed by atoms with Crippen LogP contribution < -0.4 is 0 Å². The zero-order chi connectivity index (χ0) is 25.4. The normalized spacial score (nSPS) is 43.5. The predicted octanol–water partition coefficient (Wildman–Crippen LogP) is -3.01. The molecule has 3 heterocycles. The van der Waals surface area contributed by atoms with Crippen LogP contribution in [0.3, 0.4) is 0 Å². The number of aliphatic carboxylic acids is 1. The number of aliphatic hydroxyl groups is 5. The lowest BCUT2D eigenvalue weighted by molar-refractivity contribution is -0.343. The second-order valence-electron chi connectivity index (χ2n) is 8.57. The lowest BCUT2D eigenvalue weighted by atomic mass is 9.81. The van der Waals surface area contributed by atoms with Crippen LogP contribution in [0.4, 0.5) is 0 Å². The van der Waals surface area contributed by atoms with Gasteiger partial charge in [-0.1, -0.05) is 0 Å². The van der Waals surface area contributed by atoms with Crippen LogP contribution in [0.5, 0.6) is 0 Å². The summed E-state index contributed by atoms with van der Waals surface area (Å²) < 4.78 is 26.5. The standard InChI is InChI=1S/C20H28O14/c1-7-20(2,29)19(28)31-6-10-8(3-12(22)32-7)9(16(26)27)5-30-17(10)34-18-15(25)14(24)13(23)11(4-21)33-18/h5,7-8,10-11,13-15,17-18,21,23-25,29H,3-4,6H2,1-2H3,(H,26,27)/t7-,8+,10+,11+,13+,14-,15+,17-,18-,20-/m0/s1. The van der Waals surface area contributed by atoms with Crippen LogP contribution in [-0.4, -0.2) is 110 Å². The van der Waals surface area contributed by atoms with Gasteiger partial charge in [0.1, 0.15) is 37.1 Å². The van der Waals surface area contributed by atoms with Crippen molar-refractivity contribution in [3.63, 3.8) is 0 Å². The van der Waals surface area contributed by atoms with Gasteiger partial charge in [0.25, 0.3) is 0 Å². The Hall–Kier alpha value is -2.33. The summed E-state index contributed by atoms with van der Waals surface area (Å²) in [5, 5.41) is 59.5. The molecular formula is C20H28O14. The van der Waals surface area contributed by atoms with E-state index in [4.69, 9.17) is 23.7 Å². The fraction of sp³-hybridized carbons (Fsp3) is 0.750. The maximum atomic E-state index is 12.5. The summed E-state index contributed by atoms with van der Waals surface area (Å²) in [7, 11) is 0. The molecule has 0 spiro atoms. The van der Waals surface area contributed by atoms with Gasteiger partial charge in [0.2, 0.25) is 6.29 Å². The van der Waals surface area contributed by atoms with E-state index in [0.717, 1.165) is 13.2 Å². The summed E-state index contributed by atoms with van der Waals surface area (Å²) in [5.41, 5.74) is -2.54. The molecule has 2 saturated heterocycles. The van der Waals surface area contributed by atoms with Gasteiger partial charge in [0, 0.05) is 5.92 Å². The van der Waals surface area contributed by atoms with E-state index in [2.05, 4.69) is 0 Å². The van der Waals surface area contributed by atoms with E-state index >= 15 is 0 Å². The number of cyclic esters (lactones) is 2. The highest BCUT2D eigenvalue weighted by Gasteiger charge is 2.50. The number of hydrogen-bond acceptors (Lipinski definition) is 13. The van der Waals surface area contributed by atoms with E-state index in [1.165, 1.54) is 6.92 Å². The van der Waals surface area contributed by atoms with Gasteiger partial charge in [0.15, 0.2) is 11.9 Å². The van der Waals surface area contributed by atoms with Crippen molar-refractivity contribution in [1.29, 1.82) is 0 Å². The quantitative estimate of drug-likeness (QED) is 0.215. The maximum absolute atomic E-state index is 12.5. The number of carboxylic acid groups (broad SMARTS) is 1. The predicted molar refractivity (Wildman–Crippen MR) is 104 cm³/mol. The number of hydrogen-bond donors (Lipinski definition) is 6. The topological polar surface area (TPSA) is 219 Å². The third kappa shape index (κ3) is 5.02. The number of rotatable bonds is 4. The largest absolute Gasteiger partial charge is 0.478 e. The van der Waals surface area contributed by atoms with Gasteiger partial charge in [-0.2, -0.15) is 0 Å². The third-order valence-electron chi connectivity index (χ3n) is 6.27. The molecule has 0 aromatic rings. The molecule has 0 aromatic heterocycles. The summed E-state index contributed by atoms with van der Waals surface area (Å²) in [6.07, 6.45) is -10.6. The molecule has 3 aliphatic heterocycles. The Morgan fingerprint density at radius 3 is 2.47 bits per heavy atom. The fourth-order valence-corrected chi connectivity index (χ4v) is 3.88. The van der Waals surface area contributed by atoms with Crippen LogP contribution in [-0.2, 0) is 38.1 Å². The molecule has 0 radical (unpaired) electrons. The summed E-state index contributed by atoms with van der Waals surface area (Å²) in [6.45, 7) is 1.09. The average Bonchev–Trinajstić information content (AvgIpc) is 2.77. The van der Waals surface area contributed by atoms with Gasteiger partial charge in [-0.15, -0.1) is 0 Å². The molecule has 3 rings (SSSR count). The Bertz CT molecular complexity index is 822. The SMILES string of the molecule is C[C@@H]1OC(=O)C[C@@H]2C(C(=O)O)=CO[C@@H](O[C@@H]3O[C@H](CO)[C@@H](O)[C@H](O)[C@H]3O)[C@@H]2COC(=O)[C@@]1(C)O. The fourth-order valence-electron chi connectivity index (χ4n) is 3.88. The van der Waals surface area contributed by atoms with Crippen LogP contribution in [0, 0.1) is 11.8 Å². The van der Waals surface area contributed by atoms with Gasteiger partial charge >= 0.3 is 17.9 Å². The van der Waals surface area contributed by atoms with Crippen LogP contribution in [0.15, 0.2) is 11.8 Å². The van der Waals surface area contributed by atoms with Crippen molar-refractivity contribution in [1.82, 2.24) is 0 Å². The Kier molecular flexibility index (Phi) is 7.82. The number of carboxylic acids is 1. The van der Waals surface area contributed by atoms with Crippen LogP contribution in [0.25, 0.3) is 0 Å². The molecule has 192 valence electrons. The van der Waals surface area contributed by atoms with Crippen molar-refractivity contribution in [3.8, 4) is 0 Å². The summed E-state index contributed by atoms with van der Waals surface area (Å²) in [6, 6.07) is 0. The van der Waals surface area contributed by atoms with Crippen molar-refractivity contribution in [2.24, 2.45) is 11.8 Å². The van der Waals surface area contributed by atoms with Gasteiger partial charge in [-0.3, -0.25) is 4.79 Å². The van der Waals surface area contributed by atoms with E-state index in [1.54, 1.807) is 0 Å². The molecule has 0 aromatic carbocycles. The first-order valence-electron chi connectivity index (χ1n) is 10.5. The molecule has 0 amide bonds. The lowest BCUT2D eigenvalue weighted by Gasteiger charge is -2.43. The number of carbonyl (C=O) groups excluding carboxylic acids is 2. The van der Waals surface area contributed by atoms with Crippen molar-refractivity contribution >= 4 is 17.9 Å². The van der Waals surface area contributed by atoms with Crippen molar-refractivity contribution in [2.45, 2.75) is 69.0 Å². The van der Waals surface area contributed by atoms with E-state index in [0.29, 0.717) is 0 Å². The summed E-state index contributed by atoms with van der Waals surface area (Å²) in [5.74, 6) is -5.78. The molecule has 34 heavy (non-hydrogen) atoms. The van der Waals surface area contributed by atoms with Gasteiger partial charge in [0.05, 0.1) is 30.8 Å². The second-order valence-corrected chi connectivity index (χ2v) is 8.57. The minimum absolute atomic E-state index is 0.341. The lowest BCUT2D eigenvalue weighted by Crippen LogP contribution is -2.60. The highest BCUT2D eigenvalue weighted by molar-refractivity contribution is 5.88. The molecule has 14 nitrogen and oxygen atoms in total. The highest BCUT2D eigenvalue weighted by Crippen LogP contribution is 2.37. The smallest absolute Gasteiger partial charge is 0.341 e. The first-order chi connectivity index (χ1) is 15.9. The van der Waals surface area contributed by atoms with Crippen molar-refractivity contribution < 1.29 is 68.7 Å². The number of aliphatic hydroxyl groups excluding tert-OH is 4. The third-order valence-corrected chi connectivity index (χ3v) is 6.27. The molecule has 0 aliphatic carbocycles. The zero-order valence-corrected chi connectivity index (χ0v) is 18.3. The molecule has 0 unspecified atom stereocenters. The minimum Gasteiger partial charge on any atom is -0.478 e. The molecule has 10 atom stereocenters. The zero-order valence-electron chi connectivity index (χ0n) is 18.3. The van der Waals surface area contributed by atoms with E-state index in [-0.39, 0.29) is 5.57 Å². The number of fused-ring (bicyclic) bond motifs is 1. The first-order valence-corrected chi connectivity index (χ1v) is 10.5. The van der Waals surface area contributed by atoms with Crippen LogP contribution in [0.1, 0.15) is 20.3 Å². The monoisotopic (exact) mass is 492 g/mol. The van der Waals surface area contributed by atoms with Gasteiger partial charge in [-0.05, 0) is 13.8 Å². The van der Waals surface area contributed by atoms with E-state index < -0.39 is 98.1 Å². The van der Waals surface area contributed by atoms with Gasteiger partial charge in [-0.25, -0.2) is 9.59 Å². The van der Waals surface area contributed by atoms with Crippen molar-refractivity contribution in [3.05, 3.63) is 11.8 Å². The molecule has 0 bridgehead atoms. The Labute approximate surface area is 193 Å². The molecule has 14 heteroatoms. The summed E-state index contributed by atoms with van der Waals surface area (Å²) >= 11 is 0. The Morgan fingerprint density at radius 2 is 1.85 bits per heavy atom. The van der Waals surface area contributed by atoms with E-state index in [9.17, 15) is 45.0 Å². The second kappa shape index (κ2) is 10.1. The molecule has 6 N–H and O–H groups in total. The van der Waals surface area contributed by atoms with Crippen LogP contribution in [0.2, 0.25) is 0 Å². The molecule has 0 saturated carbocycles. The number of esters is 2.